The normalized spacial score (nSPS) is 18.4. The molecule has 0 unspecified atom stereocenters. The Morgan fingerprint density at radius 1 is 1.43 bits per heavy atom. The Kier molecular flexibility index (Phi) is 4.96. The third-order valence-electron chi connectivity index (χ3n) is 3.85. The summed E-state index contributed by atoms with van der Waals surface area (Å²) in [6, 6.07) is 5.42. The van der Waals surface area contributed by atoms with E-state index in [4.69, 9.17) is 4.74 Å². The monoisotopic (exact) mass is 290 g/mol. The van der Waals surface area contributed by atoms with E-state index in [1.54, 1.807) is 25.3 Å². The minimum atomic E-state index is -0.0121. The van der Waals surface area contributed by atoms with Crippen LogP contribution in [-0.2, 0) is 11.2 Å². The van der Waals surface area contributed by atoms with Gasteiger partial charge in [0.1, 0.15) is 5.75 Å². The smallest absolute Gasteiger partial charge is 0.227 e. The topological polar surface area (TPSA) is 58.6 Å². The quantitative estimate of drug-likeness (QED) is 0.848. The lowest BCUT2D eigenvalue weighted by Gasteiger charge is -2.34. The summed E-state index contributed by atoms with van der Waals surface area (Å²) in [5.41, 5.74) is 1.37. The predicted molar refractivity (Wildman–Crippen MR) is 80.7 cm³/mol. The molecule has 0 saturated carbocycles. The fraction of sp³-hybridized carbons (Fsp3) is 0.500. The van der Waals surface area contributed by atoms with Gasteiger partial charge in [0.2, 0.25) is 5.91 Å². The first kappa shape index (κ1) is 15.5. The van der Waals surface area contributed by atoms with E-state index in [1.807, 2.05) is 11.8 Å². The number of amides is 1. The van der Waals surface area contributed by atoms with Gasteiger partial charge in [0.15, 0.2) is 5.78 Å². The number of Topliss-reactive ketones (excluding diaryl/α,β-unsaturated/α-hetero) is 1. The Morgan fingerprint density at radius 3 is 2.81 bits per heavy atom. The van der Waals surface area contributed by atoms with Crippen molar-refractivity contribution in [2.45, 2.75) is 26.3 Å². The van der Waals surface area contributed by atoms with Gasteiger partial charge in [0.05, 0.1) is 13.5 Å². The number of ether oxygens (including phenoxy) is 1. The first-order valence-corrected chi connectivity index (χ1v) is 7.21. The van der Waals surface area contributed by atoms with Gasteiger partial charge in [-0.15, -0.1) is 0 Å². The van der Waals surface area contributed by atoms with Gasteiger partial charge in [0.25, 0.3) is 0 Å². The molecule has 1 heterocycles. The second-order valence-electron chi connectivity index (χ2n) is 5.40. The molecule has 5 nitrogen and oxygen atoms in total. The molecule has 1 N–H and O–H groups in total. The Bertz CT molecular complexity index is 542. The lowest BCUT2D eigenvalue weighted by atomic mass is 10.0. The maximum absolute atomic E-state index is 12.5. The molecular formula is C16H22N2O3. The van der Waals surface area contributed by atoms with E-state index in [1.165, 1.54) is 6.92 Å². The lowest BCUT2D eigenvalue weighted by molar-refractivity contribution is -0.133. The van der Waals surface area contributed by atoms with E-state index < -0.39 is 0 Å². The second kappa shape index (κ2) is 6.72. The number of rotatable bonds is 4. The van der Waals surface area contributed by atoms with Crippen LogP contribution in [-0.4, -0.2) is 49.4 Å². The lowest BCUT2D eigenvalue weighted by Crippen LogP contribution is -2.52. The zero-order valence-corrected chi connectivity index (χ0v) is 12.8. The molecule has 114 valence electrons. The summed E-state index contributed by atoms with van der Waals surface area (Å²) >= 11 is 0. The molecule has 5 heteroatoms. The van der Waals surface area contributed by atoms with E-state index in [0.717, 1.165) is 18.7 Å². The van der Waals surface area contributed by atoms with Crippen LogP contribution in [0.2, 0.25) is 0 Å². The van der Waals surface area contributed by atoms with Crippen molar-refractivity contribution < 1.29 is 14.3 Å². The van der Waals surface area contributed by atoms with Crippen molar-refractivity contribution in [1.82, 2.24) is 10.2 Å². The zero-order chi connectivity index (χ0) is 15.4. The number of nitrogens with zero attached hydrogens (tertiary/aromatic N) is 1. The van der Waals surface area contributed by atoms with Gasteiger partial charge in [-0.25, -0.2) is 0 Å². The number of benzene rings is 1. The highest BCUT2D eigenvalue weighted by molar-refractivity contribution is 5.94. The standard InChI is InChI=1S/C16H22N2O3/c1-11-10-17-6-7-18(11)16(20)9-14-8-13(12(2)19)4-5-15(14)21-3/h4-5,8,11,17H,6-7,9-10H2,1-3H3/t11-/m1/s1. The zero-order valence-electron chi connectivity index (χ0n) is 12.8. The van der Waals surface area contributed by atoms with E-state index in [9.17, 15) is 9.59 Å². The van der Waals surface area contributed by atoms with Crippen molar-refractivity contribution in [1.29, 1.82) is 0 Å². The molecule has 0 spiro atoms. The minimum absolute atomic E-state index is 0.0121. The number of ketones is 1. The third-order valence-corrected chi connectivity index (χ3v) is 3.85. The largest absolute Gasteiger partial charge is 0.496 e. The van der Waals surface area contributed by atoms with Crippen molar-refractivity contribution in [2.24, 2.45) is 0 Å². The molecule has 2 rings (SSSR count). The molecule has 0 radical (unpaired) electrons. The number of methoxy groups -OCH3 is 1. The molecule has 1 aromatic rings. The summed E-state index contributed by atoms with van der Waals surface area (Å²) in [5, 5.41) is 3.27. The molecule has 1 aliphatic heterocycles. The van der Waals surface area contributed by atoms with Crippen molar-refractivity contribution in [3.63, 3.8) is 0 Å². The van der Waals surface area contributed by atoms with Gasteiger partial charge in [-0.2, -0.15) is 0 Å². The molecule has 1 aliphatic rings. The third kappa shape index (κ3) is 3.61. The van der Waals surface area contributed by atoms with Crippen LogP contribution in [0.3, 0.4) is 0 Å². The van der Waals surface area contributed by atoms with Crippen LogP contribution >= 0.6 is 0 Å². The minimum Gasteiger partial charge on any atom is -0.496 e. The number of carbonyl (C=O) groups excluding carboxylic acids is 2. The van der Waals surface area contributed by atoms with Gasteiger partial charge in [-0.05, 0) is 32.0 Å². The van der Waals surface area contributed by atoms with Crippen LogP contribution in [0.15, 0.2) is 18.2 Å². The summed E-state index contributed by atoms with van der Waals surface area (Å²) in [4.78, 5) is 25.9. The number of nitrogens with one attached hydrogen (secondary N) is 1. The highest BCUT2D eigenvalue weighted by atomic mass is 16.5. The summed E-state index contributed by atoms with van der Waals surface area (Å²) < 4.78 is 5.30. The van der Waals surface area contributed by atoms with Crippen molar-refractivity contribution in [2.75, 3.05) is 26.7 Å². The molecule has 0 aliphatic carbocycles. The van der Waals surface area contributed by atoms with Crippen LogP contribution in [0.25, 0.3) is 0 Å². The molecule has 1 aromatic carbocycles. The average Bonchev–Trinajstić information content (AvgIpc) is 2.47. The van der Waals surface area contributed by atoms with E-state index in [-0.39, 0.29) is 24.2 Å². The molecular weight excluding hydrogens is 268 g/mol. The van der Waals surface area contributed by atoms with Crippen LogP contribution in [0.1, 0.15) is 29.8 Å². The van der Waals surface area contributed by atoms with Gasteiger partial charge in [-0.1, -0.05) is 0 Å². The molecule has 0 aromatic heterocycles. The molecule has 1 amide bonds. The Labute approximate surface area is 125 Å². The highest BCUT2D eigenvalue weighted by Gasteiger charge is 2.24. The van der Waals surface area contributed by atoms with Crippen LogP contribution < -0.4 is 10.1 Å². The molecule has 21 heavy (non-hydrogen) atoms. The first-order valence-electron chi connectivity index (χ1n) is 7.21. The second-order valence-corrected chi connectivity index (χ2v) is 5.40. The molecule has 1 fully saturated rings. The van der Waals surface area contributed by atoms with Crippen molar-refractivity contribution in [3.05, 3.63) is 29.3 Å². The van der Waals surface area contributed by atoms with Crippen molar-refractivity contribution >= 4 is 11.7 Å². The maximum atomic E-state index is 12.5. The summed E-state index contributed by atoms with van der Waals surface area (Å²) in [5.74, 6) is 0.709. The average molecular weight is 290 g/mol. The molecule has 1 atom stereocenters. The summed E-state index contributed by atoms with van der Waals surface area (Å²) in [6.45, 7) is 5.91. The van der Waals surface area contributed by atoms with Crippen LogP contribution in [0, 0.1) is 0 Å². The molecule has 1 saturated heterocycles. The number of piperazine rings is 1. The van der Waals surface area contributed by atoms with Gasteiger partial charge < -0.3 is 15.0 Å². The maximum Gasteiger partial charge on any atom is 0.227 e. The van der Waals surface area contributed by atoms with Crippen LogP contribution in [0.5, 0.6) is 5.75 Å². The number of hydrogen-bond acceptors (Lipinski definition) is 4. The fourth-order valence-corrected chi connectivity index (χ4v) is 2.61. The first-order chi connectivity index (χ1) is 10.0. The van der Waals surface area contributed by atoms with Gasteiger partial charge >= 0.3 is 0 Å². The van der Waals surface area contributed by atoms with E-state index in [2.05, 4.69) is 5.32 Å². The van der Waals surface area contributed by atoms with E-state index >= 15 is 0 Å². The summed E-state index contributed by atoms with van der Waals surface area (Å²) in [7, 11) is 1.57. The Hall–Kier alpha value is -1.88. The predicted octanol–water partition coefficient (Wildman–Crippen LogP) is 1.26. The molecule has 0 bridgehead atoms. The van der Waals surface area contributed by atoms with Crippen LogP contribution in [0.4, 0.5) is 0 Å². The SMILES string of the molecule is COc1ccc(C(C)=O)cc1CC(=O)N1CCNC[C@H]1C. The van der Waals surface area contributed by atoms with Gasteiger partial charge in [0, 0.05) is 36.8 Å². The Morgan fingerprint density at radius 2 is 2.19 bits per heavy atom. The number of hydrogen-bond donors (Lipinski definition) is 1. The Balaban J connectivity index is 2.19. The van der Waals surface area contributed by atoms with E-state index in [0.29, 0.717) is 17.9 Å². The fourth-order valence-electron chi connectivity index (χ4n) is 2.61. The number of carbonyl (C=O) groups is 2. The van der Waals surface area contributed by atoms with Gasteiger partial charge in [-0.3, -0.25) is 9.59 Å². The van der Waals surface area contributed by atoms with Crippen molar-refractivity contribution in [3.8, 4) is 5.75 Å². The highest BCUT2D eigenvalue weighted by Crippen LogP contribution is 2.22. The summed E-state index contributed by atoms with van der Waals surface area (Å²) in [6.07, 6.45) is 0.259.